The van der Waals surface area contributed by atoms with Crippen LogP contribution in [0.5, 0.6) is 0 Å². The number of rotatable bonds is 7. The van der Waals surface area contributed by atoms with Crippen LogP contribution in [0.1, 0.15) is 39.2 Å². The lowest BCUT2D eigenvalue weighted by Crippen LogP contribution is -2.32. The van der Waals surface area contributed by atoms with Gasteiger partial charge < -0.3 is 5.73 Å². The van der Waals surface area contributed by atoms with Gasteiger partial charge in [0, 0.05) is 10.9 Å². The maximum atomic E-state index is 6.19. The van der Waals surface area contributed by atoms with Crippen LogP contribution >= 0.6 is 12.2 Å². The maximum Gasteiger partial charge on any atom is 0.0399 e. The van der Waals surface area contributed by atoms with Crippen LogP contribution in [0.25, 0.3) is 0 Å². The second-order valence-corrected chi connectivity index (χ2v) is 6.23. The Morgan fingerprint density at radius 2 is 1.78 bits per heavy atom. The van der Waals surface area contributed by atoms with Crippen LogP contribution in [0.3, 0.4) is 0 Å². The van der Waals surface area contributed by atoms with Gasteiger partial charge in [-0.25, -0.2) is 0 Å². The highest BCUT2D eigenvalue weighted by Gasteiger charge is 2.14. The van der Waals surface area contributed by atoms with Gasteiger partial charge in [0.1, 0.15) is 0 Å². The van der Waals surface area contributed by atoms with E-state index in [9.17, 15) is 0 Å². The number of nitrogens with two attached hydrogens (primary N) is 1. The Kier molecular flexibility index (Phi) is 6.51. The molecule has 0 radical (unpaired) electrons. The first-order valence-electron chi connectivity index (χ1n) is 6.81. The highest BCUT2D eigenvalue weighted by Crippen LogP contribution is 2.17. The van der Waals surface area contributed by atoms with Crippen molar-refractivity contribution >= 4 is 17.1 Å². The maximum absolute atomic E-state index is 6.19. The van der Waals surface area contributed by atoms with Crippen LogP contribution in [-0.4, -0.2) is 10.9 Å². The van der Waals surface area contributed by atoms with Crippen molar-refractivity contribution < 1.29 is 0 Å². The summed E-state index contributed by atoms with van der Waals surface area (Å²) in [5.41, 5.74) is 7.45. The molecule has 100 valence electrons. The minimum Gasteiger partial charge on any atom is -0.323 e. The van der Waals surface area contributed by atoms with E-state index in [0.717, 1.165) is 23.6 Å². The van der Waals surface area contributed by atoms with Gasteiger partial charge in [0.15, 0.2) is 0 Å². The van der Waals surface area contributed by atoms with E-state index in [2.05, 4.69) is 32.9 Å². The molecule has 0 aliphatic carbocycles. The van der Waals surface area contributed by atoms with Gasteiger partial charge in [-0.2, -0.15) is 0 Å². The van der Waals surface area contributed by atoms with Crippen molar-refractivity contribution in [3.05, 3.63) is 35.9 Å². The third kappa shape index (κ3) is 5.74. The molecule has 0 aromatic heterocycles. The average Bonchev–Trinajstić information content (AvgIpc) is 2.28. The summed E-state index contributed by atoms with van der Waals surface area (Å²) in [6.45, 7) is 6.77. The van der Waals surface area contributed by atoms with Crippen LogP contribution in [0, 0.1) is 11.8 Å². The molecule has 0 amide bonds. The quantitative estimate of drug-likeness (QED) is 0.753. The van der Waals surface area contributed by atoms with Crippen molar-refractivity contribution in [2.45, 2.75) is 46.1 Å². The smallest absolute Gasteiger partial charge is 0.0399 e. The summed E-state index contributed by atoms with van der Waals surface area (Å²) >= 11 is 5.48. The predicted molar refractivity (Wildman–Crippen MR) is 84.0 cm³/mol. The van der Waals surface area contributed by atoms with Gasteiger partial charge in [0.25, 0.3) is 0 Å². The third-order valence-electron chi connectivity index (χ3n) is 3.14. The zero-order valence-electron chi connectivity index (χ0n) is 11.7. The molecule has 0 aliphatic heterocycles. The van der Waals surface area contributed by atoms with Crippen LogP contribution < -0.4 is 5.73 Å². The Morgan fingerprint density at radius 3 is 2.33 bits per heavy atom. The number of hydrogen-bond acceptors (Lipinski definition) is 2. The van der Waals surface area contributed by atoms with Crippen LogP contribution in [0.2, 0.25) is 0 Å². The predicted octanol–water partition coefficient (Wildman–Crippen LogP) is 4.00. The zero-order valence-corrected chi connectivity index (χ0v) is 12.5. The summed E-state index contributed by atoms with van der Waals surface area (Å²) in [5, 5.41) is 0. The Balaban J connectivity index is 2.42. The van der Waals surface area contributed by atoms with E-state index in [1.807, 2.05) is 18.2 Å². The monoisotopic (exact) mass is 263 g/mol. The van der Waals surface area contributed by atoms with Crippen molar-refractivity contribution in [2.24, 2.45) is 17.6 Å². The summed E-state index contributed by atoms with van der Waals surface area (Å²) in [5.74, 6) is 1.37. The molecular weight excluding hydrogens is 238 g/mol. The van der Waals surface area contributed by atoms with Crippen molar-refractivity contribution in [3.8, 4) is 0 Å². The molecule has 1 aromatic carbocycles. The van der Waals surface area contributed by atoms with Gasteiger partial charge in [-0.3, -0.25) is 0 Å². The molecule has 2 atom stereocenters. The SMILES string of the molecule is CC(C)C[C@@H](C)CC(=S)[C@@H](N)Cc1ccccc1. The van der Waals surface area contributed by atoms with Gasteiger partial charge in [0.2, 0.25) is 0 Å². The molecule has 2 heteroatoms. The summed E-state index contributed by atoms with van der Waals surface area (Å²) in [7, 11) is 0. The molecule has 1 nitrogen and oxygen atoms in total. The van der Waals surface area contributed by atoms with Gasteiger partial charge in [-0.15, -0.1) is 0 Å². The van der Waals surface area contributed by atoms with E-state index in [-0.39, 0.29) is 6.04 Å². The molecule has 0 heterocycles. The summed E-state index contributed by atoms with van der Waals surface area (Å²) < 4.78 is 0. The van der Waals surface area contributed by atoms with Crippen LogP contribution in [0.4, 0.5) is 0 Å². The second-order valence-electron chi connectivity index (χ2n) is 5.70. The van der Waals surface area contributed by atoms with E-state index < -0.39 is 0 Å². The minimum atomic E-state index is 0.0111. The first-order valence-corrected chi connectivity index (χ1v) is 7.22. The molecule has 18 heavy (non-hydrogen) atoms. The van der Waals surface area contributed by atoms with Gasteiger partial charge >= 0.3 is 0 Å². The van der Waals surface area contributed by atoms with E-state index in [1.54, 1.807) is 0 Å². The van der Waals surface area contributed by atoms with Gasteiger partial charge in [-0.1, -0.05) is 63.3 Å². The van der Waals surface area contributed by atoms with Crippen LogP contribution in [0.15, 0.2) is 30.3 Å². The van der Waals surface area contributed by atoms with E-state index in [1.165, 1.54) is 12.0 Å². The van der Waals surface area contributed by atoms with E-state index in [4.69, 9.17) is 18.0 Å². The molecule has 0 aliphatic rings. The molecule has 0 saturated heterocycles. The largest absolute Gasteiger partial charge is 0.323 e. The van der Waals surface area contributed by atoms with Crippen molar-refractivity contribution in [2.75, 3.05) is 0 Å². The lowest BCUT2D eigenvalue weighted by molar-refractivity contribution is 0.449. The molecule has 0 unspecified atom stereocenters. The lowest BCUT2D eigenvalue weighted by atomic mass is 9.91. The second kappa shape index (κ2) is 7.65. The number of benzene rings is 1. The van der Waals surface area contributed by atoms with E-state index in [0.29, 0.717) is 5.92 Å². The zero-order chi connectivity index (χ0) is 13.5. The van der Waals surface area contributed by atoms with Gasteiger partial charge in [0.05, 0.1) is 0 Å². The summed E-state index contributed by atoms with van der Waals surface area (Å²) in [6, 6.07) is 10.4. The molecule has 0 spiro atoms. The summed E-state index contributed by atoms with van der Waals surface area (Å²) in [6.07, 6.45) is 3.05. The van der Waals surface area contributed by atoms with Crippen molar-refractivity contribution in [3.63, 3.8) is 0 Å². The molecule has 0 saturated carbocycles. The van der Waals surface area contributed by atoms with Crippen LogP contribution in [-0.2, 0) is 6.42 Å². The lowest BCUT2D eigenvalue weighted by Gasteiger charge is -2.18. The average molecular weight is 263 g/mol. The molecule has 2 N–H and O–H groups in total. The highest BCUT2D eigenvalue weighted by molar-refractivity contribution is 7.80. The summed E-state index contributed by atoms with van der Waals surface area (Å²) in [4.78, 5) is 1.02. The Bertz CT molecular complexity index is 359. The highest BCUT2D eigenvalue weighted by atomic mass is 32.1. The Morgan fingerprint density at radius 1 is 1.17 bits per heavy atom. The third-order valence-corrected chi connectivity index (χ3v) is 3.60. The van der Waals surface area contributed by atoms with Gasteiger partial charge in [-0.05, 0) is 36.7 Å². The first kappa shape index (κ1) is 15.3. The molecule has 0 bridgehead atoms. The number of hydrogen-bond donors (Lipinski definition) is 1. The number of thiocarbonyl (C=S) groups is 1. The first-order chi connectivity index (χ1) is 8.49. The Hall–Kier alpha value is -0.730. The fraction of sp³-hybridized carbons (Fsp3) is 0.562. The van der Waals surface area contributed by atoms with Crippen molar-refractivity contribution in [1.82, 2.24) is 0 Å². The topological polar surface area (TPSA) is 26.0 Å². The standard InChI is InChI=1S/C16H25NS/c1-12(2)9-13(3)10-16(18)15(17)11-14-7-5-4-6-8-14/h4-8,12-13,15H,9-11,17H2,1-3H3/t13-,15+/m1/s1. The Labute approximate surface area is 117 Å². The van der Waals surface area contributed by atoms with Crippen molar-refractivity contribution in [1.29, 1.82) is 0 Å². The fourth-order valence-electron chi connectivity index (χ4n) is 2.36. The van der Waals surface area contributed by atoms with E-state index >= 15 is 0 Å². The molecular formula is C16H25NS. The molecule has 1 aromatic rings. The molecule has 0 fully saturated rings. The molecule has 1 rings (SSSR count). The minimum absolute atomic E-state index is 0.0111. The normalized spacial score (nSPS) is 14.5. The fourth-order valence-corrected chi connectivity index (χ4v) is 2.73.